The smallest absolute Gasteiger partial charge is 0.216 e. The van der Waals surface area contributed by atoms with E-state index in [9.17, 15) is 9.59 Å². The number of aryl methyl sites for hydroxylation is 1. The number of carbonyl (C=O) groups excluding carboxylic acids is 2. The highest BCUT2D eigenvalue weighted by atomic mass is 35.5. The molecule has 0 aliphatic carbocycles. The van der Waals surface area contributed by atoms with Crippen molar-refractivity contribution in [2.24, 2.45) is 0 Å². The molecule has 0 saturated carbocycles. The number of benzene rings is 2. The van der Waals surface area contributed by atoms with Gasteiger partial charge in [-0.1, -0.05) is 59.8 Å². The molecule has 8 heteroatoms. The van der Waals surface area contributed by atoms with Gasteiger partial charge in [0.25, 0.3) is 0 Å². The maximum absolute atomic E-state index is 12.5. The van der Waals surface area contributed by atoms with E-state index in [1.165, 1.54) is 18.7 Å². The average Bonchev–Trinajstić information content (AvgIpc) is 3.12. The lowest BCUT2D eigenvalue weighted by Gasteiger charge is -2.11. The van der Waals surface area contributed by atoms with Gasteiger partial charge in [-0.15, -0.1) is 10.2 Å². The van der Waals surface area contributed by atoms with Crippen LogP contribution in [0.4, 0.5) is 0 Å². The van der Waals surface area contributed by atoms with Crippen molar-refractivity contribution in [2.45, 2.75) is 24.9 Å². The number of hydrogen-bond donors (Lipinski definition) is 1. The third-order valence-corrected chi connectivity index (χ3v) is 5.31. The van der Waals surface area contributed by atoms with E-state index in [2.05, 4.69) is 15.5 Å². The second-order valence-electron chi connectivity index (χ2n) is 6.38. The first-order valence-electron chi connectivity index (χ1n) is 9.20. The number of nitrogens with one attached hydrogen (secondary N) is 1. The van der Waals surface area contributed by atoms with Gasteiger partial charge < -0.3 is 5.32 Å². The highest BCUT2D eigenvalue weighted by molar-refractivity contribution is 7.99. The molecule has 0 spiro atoms. The molecule has 0 unspecified atom stereocenters. The second kappa shape index (κ2) is 10.2. The summed E-state index contributed by atoms with van der Waals surface area (Å²) in [6, 6.07) is 16.6. The fourth-order valence-corrected chi connectivity index (χ4v) is 3.83. The summed E-state index contributed by atoms with van der Waals surface area (Å²) in [6.07, 6.45) is 1.36. The van der Waals surface area contributed by atoms with Gasteiger partial charge in [-0.05, 0) is 24.6 Å². The molecule has 0 aliphatic heterocycles. The van der Waals surface area contributed by atoms with E-state index in [0.29, 0.717) is 28.7 Å². The predicted octanol–water partition coefficient (Wildman–Crippen LogP) is 3.96. The molecular weight excluding hydrogens is 408 g/mol. The van der Waals surface area contributed by atoms with Crippen LogP contribution in [-0.4, -0.2) is 38.8 Å². The highest BCUT2D eigenvalue weighted by Crippen LogP contribution is 2.25. The van der Waals surface area contributed by atoms with Crippen molar-refractivity contribution in [3.63, 3.8) is 0 Å². The fourth-order valence-electron chi connectivity index (χ4n) is 2.78. The van der Waals surface area contributed by atoms with Crippen LogP contribution in [0, 0.1) is 0 Å². The number of ketones is 1. The average molecular weight is 429 g/mol. The number of amides is 1. The van der Waals surface area contributed by atoms with E-state index >= 15 is 0 Å². The summed E-state index contributed by atoms with van der Waals surface area (Å²) in [5.41, 5.74) is 1.51. The van der Waals surface area contributed by atoms with Gasteiger partial charge in [0.05, 0.1) is 11.4 Å². The zero-order valence-electron chi connectivity index (χ0n) is 16.0. The van der Waals surface area contributed by atoms with Crippen LogP contribution < -0.4 is 5.32 Å². The predicted molar refractivity (Wildman–Crippen MR) is 115 cm³/mol. The minimum atomic E-state index is -0.0584. The molecule has 150 valence electrons. The molecule has 6 nitrogen and oxygen atoms in total. The molecule has 29 heavy (non-hydrogen) atoms. The molecule has 0 radical (unpaired) electrons. The lowest BCUT2D eigenvalue weighted by molar-refractivity contribution is -0.118. The summed E-state index contributed by atoms with van der Waals surface area (Å²) >= 11 is 7.52. The summed E-state index contributed by atoms with van der Waals surface area (Å²) in [5.74, 6) is 0.988. The van der Waals surface area contributed by atoms with Crippen molar-refractivity contribution in [3.8, 4) is 5.69 Å². The molecule has 0 fully saturated rings. The van der Waals surface area contributed by atoms with Gasteiger partial charge in [0.2, 0.25) is 5.91 Å². The Balaban J connectivity index is 1.78. The van der Waals surface area contributed by atoms with Crippen molar-refractivity contribution in [3.05, 3.63) is 71.0 Å². The quantitative estimate of drug-likeness (QED) is 0.317. The third kappa shape index (κ3) is 5.92. The van der Waals surface area contributed by atoms with Crippen LogP contribution in [-0.2, 0) is 11.2 Å². The molecular formula is C21H21ClN4O2S. The van der Waals surface area contributed by atoms with E-state index in [1.54, 1.807) is 18.2 Å². The van der Waals surface area contributed by atoms with Gasteiger partial charge >= 0.3 is 0 Å². The van der Waals surface area contributed by atoms with Crippen molar-refractivity contribution in [1.82, 2.24) is 20.1 Å². The summed E-state index contributed by atoms with van der Waals surface area (Å²) < 4.78 is 1.92. The SMILES string of the molecule is CC(=O)NCCCc1nnc(SCC(=O)c2ccccc2)n1-c1cccc(Cl)c1. The summed E-state index contributed by atoms with van der Waals surface area (Å²) in [7, 11) is 0. The minimum absolute atomic E-state index is 0.0310. The first-order valence-corrected chi connectivity index (χ1v) is 10.6. The number of hydrogen-bond acceptors (Lipinski definition) is 5. The number of aromatic nitrogens is 3. The van der Waals surface area contributed by atoms with Crippen LogP contribution in [0.3, 0.4) is 0 Å². The monoisotopic (exact) mass is 428 g/mol. The van der Waals surface area contributed by atoms with Gasteiger partial charge in [-0.3, -0.25) is 14.2 Å². The number of rotatable bonds is 9. The Bertz CT molecular complexity index is 991. The molecule has 0 saturated heterocycles. The Morgan fingerprint density at radius 1 is 1.10 bits per heavy atom. The summed E-state index contributed by atoms with van der Waals surface area (Å²) in [4.78, 5) is 23.5. The first-order chi connectivity index (χ1) is 14.0. The topological polar surface area (TPSA) is 76.9 Å². The van der Waals surface area contributed by atoms with Crippen molar-refractivity contribution in [1.29, 1.82) is 0 Å². The van der Waals surface area contributed by atoms with Gasteiger partial charge in [0, 0.05) is 30.5 Å². The summed E-state index contributed by atoms with van der Waals surface area (Å²) in [6.45, 7) is 2.06. The van der Waals surface area contributed by atoms with Crippen molar-refractivity contribution >= 4 is 35.1 Å². The van der Waals surface area contributed by atoms with Crippen LogP contribution in [0.2, 0.25) is 5.02 Å². The molecule has 2 aromatic carbocycles. The number of Topliss-reactive ketones (excluding diaryl/α,β-unsaturated/α-hetero) is 1. The van der Waals surface area contributed by atoms with Gasteiger partial charge in [-0.25, -0.2) is 0 Å². The lowest BCUT2D eigenvalue weighted by Crippen LogP contribution is -2.21. The zero-order chi connectivity index (χ0) is 20.6. The van der Waals surface area contributed by atoms with Crippen molar-refractivity contribution < 1.29 is 9.59 Å². The maximum Gasteiger partial charge on any atom is 0.216 e. The van der Waals surface area contributed by atoms with E-state index < -0.39 is 0 Å². The molecule has 3 rings (SSSR count). The first kappa shape index (κ1) is 21.1. The fraction of sp³-hybridized carbons (Fsp3) is 0.238. The molecule has 1 heterocycles. The molecule has 1 amide bonds. The van der Waals surface area contributed by atoms with Crippen molar-refractivity contribution in [2.75, 3.05) is 12.3 Å². The molecule has 1 N–H and O–H groups in total. The van der Waals surface area contributed by atoms with Gasteiger partial charge in [0.15, 0.2) is 10.9 Å². The van der Waals surface area contributed by atoms with Gasteiger partial charge in [-0.2, -0.15) is 0 Å². The van der Waals surface area contributed by atoms with E-state index in [-0.39, 0.29) is 17.4 Å². The van der Waals surface area contributed by atoms with Crippen LogP contribution in [0.15, 0.2) is 59.8 Å². The number of thioether (sulfide) groups is 1. The molecule has 1 aromatic heterocycles. The largest absolute Gasteiger partial charge is 0.356 e. The number of carbonyl (C=O) groups is 2. The lowest BCUT2D eigenvalue weighted by atomic mass is 10.2. The second-order valence-corrected chi connectivity index (χ2v) is 7.76. The van der Waals surface area contributed by atoms with Crippen LogP contribution >= 0.6 is 23.4 Å². The maximum atomic E-state index is 12.5. The van der Waals surface area contributed by atoms with Crippen LogP contribution in [0.1, 0.15) is 29.5 Å². The Kier molecular flexibility index (Phi) is 7.43. The standard InChI is InChI=1S/C21H21ClN4O2S/c1-15(27)23-12-6-11-20-24-25-21(26(20)18-10-5-9-17(22)13-18)29-14-19(28)16-7-3-2-4-8-16/h2-5,7-10,13H,6,11-12,14H2,1H3,(H,23,27). The van der Waals surface area contributed by atoms with Crippen LogP contribution in [0.25, 0.3) is 5.69 Å². The van der Waals surface area contributed by atoms with E-state index in [0.717, 1.165) is 17.9 Å². The normalized spacial score (nSPS) is 10.7. The molecule has 0 atom stereocenters. The Morgan fingerprint density at radius 3 is 2.62 bits per heavy atom. The Hall–Kier alpha value is -2.64. The summed E-state index contributed by atoms with van der Waals surface area (Å²) in [5, 5.41) is 12.6. The van der Waals surface area contributed by atoms with E-state index in [1.807, 2.05) is 41.0 Å². The highest BCUT2D eigenvalue weighted by Gasteiger charge is 2.16. The van der Waals surface area contributed by atoms with E-state index in [4.69, 9.17) is 11.6 Å². The Morgan fingerprint density at radius 2 is 1.90 bits per heavy atom. The minimum Gasteiger partial charge on any atom is -0.356 e. The third-order valence-electron chi connectivity index (χ3n) is 4.15. The van der Waals surface area contributed by atoms with Gasteiger partial charge in [0.1, 0.15) is 5.82 Å². The zero-order valence-corrected chi connectivity index (χ0v) is 17.5. The molecule has 0 bridgehead atoms. The molecule has 3 aromatic rings. The van der Waals surface area contributed by atoms with Crippen LogP contribution in [0.5, 0.6) is 0 Å². The molecule has 0 aliphatic rings. The Labute approximate surface area is 178 Å². The number of nitrogens with zero attached hydrogens (tertiary/aromatic N) is 3. The number of halogens is 1.